The Morgan fingerprint density at radius 1 is 1.26 bits per heavy atom. The van der Waals surface area contributed by atoms with Gasteiger partial charge in [0.25, 0.3) is 0 Å². The lowest BCUT2D eigenvalue weighted by molar-refractivity contribution is -0.139. The van der Waals surface area contributed by atoms with Crippen LogP contribution in [0.5, 0.6) is 0 Å². The molecule has 0 bridgehead atoms. The summed E-state index contributed by atoms with van der Waals surface area (Å²) in [5.74, 6) is 0.101. The van der Waals surface area contributed by atoms with Crippen molar-refractivity contribution in [3.8, 4) is 0 Å². The van der Waals surface area contributed by atoms with Crippen LogP contribution in [0.4, 0.5) is 4.79 Å². The molecule has 0 spiro atoms. The molecule has 2 amide bonds. The molecule has 0 heterocycles. The number of hydrogen-bond donors (Lipinski definition) is 4. The van der Waals surface area contributed by atoms with Crippen LogP contribution in [0.2, 0.25) is 0 Å². The fourth-order valence-electron chi connectivity index (χ4n) is 2.45. The van der Waals surface area contributed by atoms with Crippen molar-refractivity contribution in [1.82, 2.24) is 10.6 Å². The fourth-order valence-corrected chi connectivity index (χ4v) is 2.45. The Balaban J connectivity index is 2.40. The van der Waals surface area contributed by atoms with Gasteiger partial charge in [-0.2, -0.15) is 0 Å². The number of rotatable bonds is 5. The van der Waals surface area contributed by atoms with Crippen molar-refractivity contribution in [3.63, 3.8) is 0 Å². The Hall–Kier alpha value is -1.30. The third-order valence-electron chi connectivity index (χ3n) is 3.95. The zero-order chi connectivity index (χ0) is 14.4. The van der Waals surface area contributed by atoms with Crippen LogP contribution in [-0.4, -0.2) is 40.9 Å². The Morgan fingerprint density at radius 3 is 2.47 bits per heavy atom. The molecule has 4 N–H and O–H groups in total. The molecule has 0 saturated heterocycles. The van der Waals surface area contributed by atoms with Crippen LogP contribution in [0.15, 0.2) is 0 Å². The zero-order valence-corrected chi connectivity index (χ0v) is 11.6. The molecule has 4 atom stereocenters. The van der Waals surface area contributed by atoms with Crippen LogP contribution in [-0.2, 0) is 4.79 Å². The highest BCUT2D eigenvalue weighted by Crippen LogP contribution is 2.29. The lowest BCUT2D eigenvalue weighted by Gasteiger charge is -2.32. The van der Waals surface area contributed by atoms with E-state index >= 15 is 0 Å². The van der Waals surface area contributed by atoms with E-state index in [9.17, 15) is 9.59 Å². The summed E-state index contributed by atoms with van der Waals surface area (Å²) >= 11 is 0. The summed E-state index contributed by atoms with van der Waals surface area (Å²) in [6.45, 7) is 4.11. The molecule has 6 nitrogen and oxygen atoms in total. The quantitative estimate of drug-likeness (QED) is 0.598. The first-order valence-electron chi connectivity index (χ1n) is 6.84. The van der Waals surface area contributed by atoms with E-state index < -0.39 is 18.0 Å². The summed E-state index contributed by atoms with van der Waals surface area (Å²) in [5.41, 5.74) is 0. The van der Waals surface area contributed by atoms with Crippen LogP contribution in [0.25, 0.3) is 0 Å². The molecule has 110 valence electrons. The van der Waals surface area contributed by atoms with Gasteiger partial charge in [0.1, 0.15) is 6.04 Å². The Labute approximate surface area is 113 Å². The number of aliphatic hydroxyl groups is 1. The fraction of sp³-hybridized carbons (Fsp3) is 0.846. The average molecular weight is 272 g/mol. The van der Waals surface area contributed by atoms with Gasteiger partial charge in [0, 0.05) is 19.1 Å². The van der Waals surface area contributed by atoms with Crippen molar-refractivity contribution >= 4 is 12.0 Å². The molecule has 0 aromatic carbocycles. The van der Waals surface area contributed by atoms with Crippen molar-refractivity contribution in [1.29, 1.82) is 0 Å². The second-order valence-corrected chi connectivity index (χ2v) is 5.49. The molecule has 0 aliphatic heterocycles. The Morgan fingerprint density at radius 2 is 1.95 bits per heavy atom. The highest BCUT2D eigenvalue weighted by atomic mass is 16.4. The largest absolute Gasteiger partial charge is 0.480 e. The third-order valence-corrected chi connectivity index (χ3v) is 3.95. The first-order chi connectivity index (χ1) is 8.93. The first kappa shape index (κ1) is 15.8. The number of carbonyl (C=O) groups excluding carboxylic acids is 1. The number of carboxylic acids is 1. The summed E-state index contributed by atoms with van der Waals surface area (Å²) in [6, 6.07) is -1.40. The maximum Gasteiger partial charge on any atom is 0.326 e. The molecule has 19 heavy (non-hydrogen) atoms. The van der Waals surface area contributed by atoms with Gasteiger partial charge in [0.15, 0.2) is 0 Å². The average Bonchev–Trinajstić information content (AvgIpc) is 2.33. The zero-order valence-electron chi connectivity index (χ0n) is 11.6. The van der Waals surface area contributed by atoms with Gasteiger partial charge in [0.05, 0.1) is 0 Å². The van der Waals surface area contributed by atoms with Gasteiger partial charge in [-0.25, -0.2) is 9.59 Å². The topological polar surface area (TPSA) is 98.7 Å². The van der Waals surface area contributed by atoms with E-state index in [1.165, 1.54) is 0 Å². The van der Waals surface area contributed by atoms with E-state index in [4.69, 9.17) is 10.2 Å². The molecule has 3 unspecified atom stereocenters. The number of aliphatic carboxylic acids is 1. The molecule has 1 aliphatic rings. The Bertz CT molecular complexity index is 322. The van der Waals surface area contributed by atoms with E-state index in [0.717, 1.165) is 19.3 Å². The monoisotopic (exact) mass is 272 g/mol. The van der Waals surface area contributed by atoms with Crippen LogP contribution in [0.3, 0.4) is 0 Å². The minimum absolute atomic E-state index is 0.0147. The summed E-state index contributed by atoms with van der Waals surface area (Å²) in [6.07, 6.45) is 2.94. The predicted octanol–water partition coefficient (Wildman–Crippen LogP) is 0.946. The lowest BCUT2D eigenvalue weighted by Crippen LogP contribution is -2.50. The molecule has 1 rings (SSSR count). The summed E-state index contributed by atoms with van der Waals surface area (Å²) in [7, 11) is 0. The number of nitrogens with one attached hydrogen (secondary N) is 2. The van der Waals surface area contributed by atoms with Crippen LogP contribution >= 0.6 is 0 Å². The summed E-state index contributed by atoms with van der Waals surface area (Å²) in [5, 5.41) is 22.8. The van der Waals surface area contributed by atoms with Crippen molar-refractivity contribution in [2.24, 2.45) is 11.8 Å². The maximum atomic E-state index is 11.7. The van der Waals surface area contributed by atoms with Gasteiger partial charge in [-0.05, 0) is 31.1 Å². The number of aliphatic hydroxyl groups excluding tert-OH is 1. The molecule has 1 aliphatic carbocycles. The van der Waals surface area contributed by atoms with Crippen molar-refractivity contribution in [3.05, 3.63) is 0 Å². The maximum absolute atomic E-state index is 11.7. The lowest BCUT2D eigenvalue weighted by atomic mass is 9.79. The van der Waals surface area contributed by atoms with Crippen molar-refractivity contribution < 1.29 is 19.8 Å². The van der Waals surface area contributed by atoms with Crippen molar-refractivity contribution in [2.75, 3.05) is 6.61 Å². The number of hydrogen-bond acceptors (Lipinski definition) is 3. The van der Waals surface area contributed by atoms with Gasteiger partial charge in [-0.15, -0.1) is 0 Å². The van der Waals surface area contributed by atoms with E-state index in [1.807, 2.05) is 0 Å². The third kappa shape index (κ3) is 5.06. The van der Waals surface area contributed by atoms with Gasteiger partial charge >= 0.3 is 12.0 Å². The Kier molecular flexibility index (Phi) is 6.08. The second-order valence-electron chi connectivity index (χ2n) is 5.49. The molecule has 0 aromatic heterocycles. The van der Waals surface area contributed by atoms with Gasteiger partial charge in [-0.3, -0.25) is 0 Å². The van der Waals surface area contributed by atoms with Crippen LogP contribution < -0.4 is 10.6 Å². The van der Waals surface area contributed by atoms with Crippen LogP contribution in [0.1, 0.15) is 39.5 Å². The first-order valence-corrected chi connectivity index (χ1v) is 6.84. The van der Waals surface area contributed by atoms with E-state index in [1.54, 1.807) is 0 Å². The summed E-state index contributed by atoms with van der Waals surface area (Å²) < 4.78 is 0. The predicted molar refractivity (Wildman–Crippen MR) is 70.8 cm³/mol. The number of carboxylic acid groups (broad SMARTS) is 1. The van der Waals surface area contributed by atoms with E-state index in [2.05, 4.69) is 24.5 Å². The second kappa shape index (κ2) is 7.33. The highest BCUT2D eigenvalue weighted by Gasteiger charge is 2.26. The molecule has 1 fully saturated rings. The minimum atomic E-state index is -1.13. The smallest absolute Gasteiger partial charge is 0.326 e. The summed E-state index contributed by atoms with van der Waals surface area (Å²) in [4.78, 5) is 22.6. The van der Waals surface area contributed by atoms with E-state index in [-0.39, 0.29) is 19.1 Å². The van der Waals surface area contributed by atoms with Crippen molar-refractivity contribution in [2.45, 2.75) is 51.6 Å². The van der Waals surface area contributed by atoms with Gasteiger partial charge in [0.2, 0.25) is 0 Å². The molecular formula is C13H24N2O4. The molecule has 0 aromatic rings. The molecule has 0 radical (unpaired) electrons. The molecular weight excluding hydrogens is 248 g/mol. The van der Waals surface area contributed by atoms with E-state index in [0.29, 0.717) is 11.8 Å². The number of amides is 2. The number of urea groups is 1. The molecule has 1 saturated carbocycles. The molecule has 6 heteroatoms. The van der Waals surface area contributed by atoms with Gasteiger partial charge < -0.3 is 20.8 Å². The van der Waals surface area contributed by atoms with Gasteiger partial charge in [-0.1, -0.05) is 13.8 Å². The standard InChI is InChI=1S/C13H24N2O4/c1-8-3-4-10(7-9(8)2)14-13(19)15-11(5-6-16)12(17)18/h8-11,16H,3-7H2,1-2H3,(H,17,18)(H2,14,15,19)/t8?,9?,10?,11-/m0/s1. The SMILES string of the molecule is CC1CCC(NC(=O)N[C@@H](CCO)C(=O)O)CC1C. The minimum Gasteiger partial charge on any atom is -0.480 e. The van der Waals surface area contributed by atoms with Crippen LogP contribution in [0, 0.1) is 11.8 Å². The highest BCUT2D eigenvalue weighted by molar-refractivity contribution is 5.82. The normalized spacial score (nSPS) is 28.5. The number of carbonyl (C=O) groups is 2.